The molecule has 1 N–H and O–H groups in total. The Kier molecular flexibility index (Phi) is 6.27. The van der Waals surface area contributed by atoms with E-state index in [1.807, 2.05) is 24.4 Å². The first kappa shape index (κ1) is 24.1. The van der Waals surface area contributed by atoms with Gasteiger partial charge in [-0.05, 0) is 31.5 Å². The molecule has 7 rings (SSSR count). The summed E-state index contributed by atoms with van der Waals surface area (Å²) in [4.78, 5) is 18.3. The Morgan fingerprint density at radius 3 is 2.63 bits per heavy atom. The molecule has 3 fully saturated rings. The molecule has 0 saturated carbocycles. The van der Waals surface area contributed by atoms with Crippen LogP contribution in [0.5, 0.6) is 11.6 Å². The third-order valence-electron chi connectivity index (χ3n) is 7.16. The summed E-state index contributed by atoms with van der Waals surface area (Å²) in [5.74, 6) is 2.01. The first-order valence-corrected chi connectivity index (χ1v) is 12.6. The Bertz CT molecular complexity index is 1470. The normalized spacial score (nSPS) is 19.6. The van der Waals surface area contributed by atoms with Crippen molar-refractivity contribution >= 4 is 11.3 Å². The van der Waals surface area contributed by atoms with Gasteiger partial charge in [0.2, 0.25) is 5.88 Å². The van der Waals surface area contributed by atoms with Gasteiger partial charge in [-0.2, -0.15) is 10.4 Å². The zero-order chi connectivity index (χ0) is 26.2. The molecular weight excluding hydrogens is 484 g/mol. The summed E-state index contributed by atoms with van der Waals surface area (Å²) in [6.45, 7) is 4.41. The average molecular weight is 513 g/mol. The molecule has 4 aromatic rings. The standard InChI is InChI=1S/C27H28N8O3/c1-17(36)16-38-23-6-24(27-19(7-28)9-32-35(27)15-23)18-3-4-25(30-8-18)33-13-21-5-22(14-33)34(21)12-20-10-31-26(37-2)11-29-20/h3-4,6,8-11,15,17,21-22,36H,5,12-14,16H2,1-2H3. The van der Waals surface area contributed by atoms with Crippen molar-refractivity contribution in [3.8, 4) is 28.8 Å². The molecule has 11 heteroatoms. The minimum absolute atomic E-state index is 0.161. The van der Waals surface area contributed by atoms with Crippen LogP contribution in [0.1, 0.15) is 24.6 Å². The van der Waals surface area contributed by atoms with Crippen LogP contribution < -0.4 is 14.4 Å². The fourth-order valence-electron chi connectivity index (χ4n) is 5.28. The van der Waals surface area contributed by atoms with Crippen LogP contribution in [0.2, 0.25) is 0 Å². The molecule has 3 saturated heterocycles. The fraction of sp³-hybridized carbons (Fsp3) is 0.370. The zero-order valence-corrected chi connectivity index (χ0v) is 21.2. The SMILES string of the molecule is COc1cnc(CN2C3CC2CN(c2ccc(-c4cc(OCC(C)O)cn5ncc(C#N)c45)cn2)C3)cn1. The number of piperazine rings is 1. The van der Waals surface area contributed by atoms with E-state index in [1.165, 1.54) is 6.42 Å². The second-order valence-corrected chi connectivity index (χ2v) is 9.79. The number of nitriles is 1. The lowest BCUT2D eigenvalue weighted by Crippen LogP contribution is -2.68. The maximum Gasteiger partial charge on any atom is 0.231 e. The molecule has 4 aromatic heterocycles. The van der Waals surface area contributed by atoms with Crippen molar-refractivity contribution in [1.82, 2.24) is 29.5 Å². The summed E-state index contributed by atoms with van der Waals surface area (Å²) in [6, 6.07) is 9.04. The van der Waals surface area contributed by atoms with Crippen LogP contribution >= 0.6 is 0 Å². The Hall–Kier alpha value is -4.27. The van der Waals surface area contributed by atoms with E-state index in [0.717, 1.165) is 42.3 Å². The van der Waals surface area contributed by atoms with Crippen molar-refractivity contribution in [1.29, 1.82) is 5.26 Å². The monoisotopic (exact) mass is 512 g/mol. The van der Waals surface area contributed by atoms with Crippen molar-refractivity contribution in [2.75, 3.05) is 31.7 Å². The number of anilines is 1. The zero-order valence-electron chi connectivity index (χ0n) is 21.2. The third kappa shape index (κ3) is 4.49. The van der Waals surface area contributed by atoms with Gasteiger partial charge in [-0.25, -0.2) is 14.5 Å². The van der Waals surface area contributed by atoms with Gasteiger partial charge in [0.15, 0.2) is 0 Å². The Morgan fingerprint density at radius 2 is 1.97 bits per heavy atom. The van der Waals surface area contributed by atoms with Gasteiger partial charge >= 0.3 is 0 Å². The molecule has 194 valence electrons. The van der Waals surface area contributed by atoms with E-state index in [4.69, 9.17) is 14.5 Å². The third-order valence-corrected chi connectivity index (χ3v) is 7.16. The van der Waals surface area contributed by atoms with Crippen molar-refractivity contribution in [3.63, 3.8) is 0 Å². The number of piperidine rings is 1. The van der Waals surface area contributed by atoms with Crippen LogP contribution in [0.3, 0.4) is 0 Å². The smallest absolute Gasteiger partial charge is 0.231 e. The molecule has 3 atom stereocenters. The lowest BCUT2D eigenvalue weighted by molar-refractivity contribution is -0.00979. The lowest BCUT2D eigenvalue weighted by Gasteiger charge is -2.56. The summed E-state index contributed by atoms with van der Waals surface area (Å²) in [6.07, 6.45) is 9.11. The van der Waals surface area contributed by atoms with Gasteiger partial charge in [0.25, 0.3) is 0 Å². The fourth-order valence-corrected chi connectivity index (χ4v) is 5.28. The highest BCUT2D eigenvalue weighted by Gasteiger charge is 2.44. The highest BCUT2D eigenvalue weighted by atomic mass is 16.5. The molecule has 0 radical (unpaired) electrons. The Labute approximate surface area is 219 Å². The Balaban J connectivity index is 1.19. The van der Waals surface area contributed by atoms with Crippen LogP contribution in [0.25, 0.3) is 16.6 Å². The van der Waals surface area contributed by atoms with Gasteiger partial charge in [0.05, 0.1) is 54.8 Å². The van der Waals surface area contributed by atoms with E-state index in [2.05, 4.69) is 30.9 Å². The van der Waals surface area contributed by atoms with E-state index >= 15 is 0 Å². The number of nitrogens with zero attached hydrogens (tertiary/aromatic N) is 8. The number of hydrogen-bond donors (Lipinski definition) is 1. The highest BCUT2D eigenvalue weighted by molar-refractivity contribution is 5.85. The van der Waals surface area contributed by atoms with E-state index in [0.29, 0.717) is 34.8 Å². The molecule has 0 aliphatic carbocycles. The van der Waals surface area contributed by atoms with Crippen LogP contribution in [0.4, 0.5) is 5.82 Å². The summed E-state index contributed by atoms with van der Waals surface area (Å²) in [7, 11) is 1.59. The molecule has 38 heavy (non-hydrogen) atoms. The number of hydrogen-bond acceptors (Lipinski definition) is 10. The van der Waals surface area contributed by atoms with Crippen molar-refractivity contribution in [2.45, 2.75) is 38.1 Å². The van der Waals surface area contributed by atoms with Gasteiger partial charge in [-0.1, -0.05) is 0 Å². The van der Waals surface area contributed by atoms with Gasteiger partial charge in [-0.15, -0.1) is 0 Å². The number of aromatic nitrogens is 5. The van der Waals surface area contributed by atoms with Crippen LogP contribution in [-0.4, -0.2) is 79.6 Å². The minimum atomic E-state index is -0.599. The molecule has 0 aromatic carbocycles. The number of aliphatic hydroxyl groups is 1. The average Bonchev–Trinajstić information content (AvgIpc) is 3.38. The van der Waals surface area contributed by atoms with E-state index in [-0.39, 0.29) is 6.61 Å². The molecule has 3 aliphatic heterocycles. The largest absolute Gasteiger partial charge is 0.489 e. The number of rotatable bonds is 8. The lowest BCUT2D eigenvalue weighted by atomic mass is 9.87. The second kappa shape index (κ2) is 9.89. The summed E-state index contributed by atoms with van der Waals surface area (Å²) >= 11 is 0. The van der Waals surface area contributed by atoms with Crippen LogP contribution in [-0.2, 0) is 6.54 Å². The minimum Gasteiger partial charge on any atom is -0.489 e. The molecule has 0 spiro atoms. The molecule has 7 heterocycles. The Morgan fingerprint density at radius 1 is 1.13 bits per heavy atom. The predicted molar refractivity (Wildman–Crippen MR) is 139 cm³/mol. The number of pyridine rings is 2. The van der Waals surface area contributed by atoms with Crippen LogP contribution in [0, 0.1) is 11.3 Å². The van der Waals surface area contributed by atoms with Crippen molar-refractivity contribution in [3.05, 3.63) is 60.4 Å². The molecule has 2 bridgehead atoms. The highest BCUT2D eigenvalue weighted by Crippen LogP contribution is 2.36. The van der Waals surface area contributed by atoms with Crippen molar-refractivity contribution < 1.29 is 14.6 Å². The van der Waals surface area contributed by atoms with Gasteiger partial charge in [0.1, 0.15) is 24.2 Å². The summed E-state index contributed by atoms with van der Waals surface area (Å²) in [5, 5.41) is 23.6. The number of aliphatic hydroxyl groups excluding tert-OH is 1. The topological polar surface area (TPSA) is 125 Å². The summed E-state index contributed by atoms with van der Waals surface area (Å²) in [5.41, 5.74) is 3.78. The summed E-state index contributed by atoms with van der Waals surface area (Å²) < 4.78 is 12.5. The van der Waals surface area contributed by atoms with E-state index < -0.39 is 6.10 Å². The van der Waals surface area contributed by atoms with E-state index in [9.17, 15) is 10.4 Å². The maximum atomic E-state index is 9.62. The molecule has 3 aliphatic rings. The van der Waals surface area contributed by atoms with E-state index in [1.54, 1.807) is 43.3 Å². The van der Waals surface area contributed by atoms with Crippen molar-refractivity contribution in [2.24, 2.45) is 0 Å². The molecule has 3 unspecified atom stereocenters. The molecule has 11 nitrogen and oxygen atoms in total. The first-order valence-electron chi connectivity index (χ1n) is 12.6. The number of ether oxygens (including phenoxy) is 2. The van der Waals surface area contributed by atoms with Gasteiger partial charge in [0, 0.05) is 49.0 Å². The quantitative estimate of drug-likeness (QED) is 0.376. The first-order chi connectivity index (χ1) is 18.5. The molecule has 0 amide bonds. The maximum absolute atomic E-state index is 9.62. The second-order valence-electron chi connectivity index (χ2n) is 9.79. The molecular formula is C27H28N8O3. The van der Waals surface area contributed by atoms with Gasteiger partial charge in [-0.3, -0.25) is 9.88 Å². The predicted octanol–water partition coefficient (Wildman–Crippen LogP) is 2.29. The number of fused-ring (bicyclic) bond motifs is 3. The van der Waals surface area contributed by atoms with Crippen LogP contribution in [0.15, 0.2) is 49.2 Å². The number of methoxy groups -OCH3 is 1. The van der Waals surface area contributed by atoms with Gasteiger partial charge < -0.3 is 19.5 Å².